The van der Waals surface area contributed by atoms with Gasteiger partial charge in [0.2, 0.25) is 0 Å². The monoisotopic (exact) mass is 331 g/mol. The van der Waals surface area contributed by atoms with E-state index in [-0.39, 0.29) is 16.7 Å². The number of carbonyl (C=O) groups is 2. The van der Waals surface area contributed by atoms with Gasteiger partial charge < -0.3 is 14.7 Å². The summed E-state index contributed by atoms with van der Waals surface area (Å²) in [5, 5.41) is 8.97. The Morgan fingerprint density at radius 3 is 2.65 bits per heavy atom. The van der Waals surface area contributed by atoms with Crippen LogP contribution in [0.4, 0.5) is 0 Å². The molecule has 1 aliphatic heterocycles. The van der Waals surface area contributed by atoms with E-state index in [1.165, 1.54) is 6.07 Å². The molecule has 0 saturated carbocycles. The third kappa shape index (κ3) is 3.07. The molecule has 1 atom stereocenters. The lowest BCUT2D eigenvalue weighted by Gasteiger charge is -2.17. The van der Waals surface area contributed by atoms with Gasteiger partial charge in [0.25, 0.3) is 5.91 Å². The number of methoxy groups -OCH3 is 1. The Kier molecular flexibility index (Phi) is 4.34. The molecule has 1 aromatic heterocycles. The number of thiophene rings is 1. The molecule has 3 rings (SSSR count). The van der Waals surface area contributed by atoms with E-state index in [4.69, 9.17) is 9.84 Å². The predicted molar refractivity (Wildman–Crippen MR) is 87.5 cm³/mol. The first-order valence-electron chi connectivity index (χ1n) is 7.35. The number of rotatable bonds is 4. The van der Waals surface area contributed by atoms with Gasteiger partial charge in [-0.1, -0.05) is 18.2 Å². The number of carboxylic acids is 1. The van der Waals surface area contributed by atoms with E-state index in [1.807, 2.05) is 24.3 Å². The first-order chi connectivity index (χ1) is 11.1. The molecule has 1 amide bonds. The summed E-state index contributed by atoms with van der Waals surface area (Å²) in [4.78, 5) is 25.9. The molecule has 0 radical (unpaired) electrons. The van der Waals surface area contributed by atoms with Crippen molar-refractivity contribution in [3.63, 3.8) is 0 Å². The Hall–Kier alpha value is -2.34. The minimum absolute atomic E-state index is 0.0973. The second kappa shape index (κ2) is 6.42. The molecule has 0 spiro atoms. The highest BCUT2D eigenvalue weighted by Gasteiger charge is 2.30. The second-order valence-corrected chi connectivity index (χ2v) is 6.53. The van der Waals surface area contributed by atoms with Gasteiger partial charge in [-0.2, -0.15) is 0 Å². The third-order valence-corrected chi connectivity index (χ3v) is 5.14. The van der Waals surface area contributed by atoms with Crippen molar-refractivity contribution in [3.8, 4) is 5.75 Å². The van der Waals surface area contributed by atoms with Crippen molar-refractivity contribution < 1.29 is 19.4 Å². The number of likely N-dealkylation sites (tertiary alicyclic amines) is 1. The topological polar surface area (TPSA) is 66.8 Å². The maximum Gasteiger partial charge on any atom is 0.345 e. The molecule has 5 nitrogen and oxygen atoms in total. The first-order valence-corrected chi connectivity index (χ1v) is 8.17. The van der Waals surface area contributed by atoms with Gasteiger partial charge in [-0.05, 0) is 30.2 Å². The van der Waals surface area contributed by atoms with Gasteiger partial charge in [0, 0.05) is 19.0 Å². The van der Waals surface area contributed by atoms with Gasteiger partial charge in [-0.3, -0.25) is 4.79 Å². The Balaban J connectivity index is 1.74. The highest BCUT2D eigenvalue weighted by molar-refractivity contribution is 7.15. The molecule has 2 heterocycles. The van der Waals surface area contributed by atoms with Gasteiger partial charge >= 0.3 is 5.97 Å². The Morgan fingerprint density at radius 1 is 1.22 bits per heavy atom. The van der Waals surface area contributed by atoms with Crippen molar-refractivity contribution >= 4 is 23.2 Å². The van der Waals surface area contributed by atoms with Crippen LogP contribution in [0.15, 0.2) is 36.4 Å². The standard InChI is InChI=1S/C17H17NO4S/c1-22-13-5-3-2-4-12(13)11-8-9-18(10-11)16(19)14-6-7-15(23-14)17(20)21/h2-7,11H,8-10H2,1H3,(H,20,21). The minimum Gasteiger partial charge on any atom is -0.496 e. The molecule has 1 unspecified atom stereocenters. The number of amides is 1. The fourth-order valence-corrected chi connectivity index (χ4v) is 3.74. The molecule has 0 aliphatic carbocycles. The van der Waals surface area contributed by atoms with E-state index >= 15 is 0 Å². The lowest BCUT2D eigenvalue weighted by atomic mass is 9.97. The third-order valence-electron chi connectivity index (χ3n) is 4.08. The second-order valence-electron chi connectivity index (χ2n) is 5.45. The van der Waals surface area contributed by atoms with Gasteiger partial charge in [0.1, 0.15) is 10.6 Å². The van der Waals surface area contributed by atoms with E-state index in [1.54, 1.807) is 18.1 Å². The molecule has 1 N–H and O–H groups in total. The smallest absolute Gasteiger partial charge is 0.345 e. The zero-order chi connectivity index (χ0) is 16.4. The van der Waals surface area contributed by atoms with E-state index in [9.17, 15) is 9.59 Å². The van der Waals surface area contributed by atoms with Gasteiger partial charge in [0.05, 0.1) is 12.0 Å². The van der Waals surface area contributed by atoms with Crippen LogP contribution in [0.3, 0.4) is 0 Å². The summed E-state index contributed by atoms with van der Waals surface area (Å²) in [6, 6.07) is 10.9. The average molecular weight is 331 g/mol. The number of hydrogen-bond acceptors (Lipinski definition) is 4. The quantitative estimate of drug-likeness (QED) is 0.935. The van der Waals surface area contributed by atoms with Crippen LogP contribution in [0.1, 0.15) is 37.2 Å². The molecule has 23 heavy (non-hydrogen) atoms. The minimum atomic E-state index is -0.998. The molecule has 6 heteroatoms. The number of benzene rings is 1. The lowest BCUT2D eigenvalue weighted by molar-refractivity contribution is 0.0701. The highest BCUT2D eigenvalue weighted by Crippen LogP contribution is 2.34. The SMILES string of the molecule is COc1ccccc1C1CCN(C(=O)c2ccc(C(=O)O)s2)C1. The van der Waals surface area contributed by atoms with Crippen LogP contribution in [-0.2, 0) is 0 Å². The summed E-state index contributed by atoms with van der Waals surface area (Å²) in [6.07, 6.45) is 0.878. The molecule has 1 saturated heterocycles. The predicted octanol–water partition coefficient (Wildman–Crippen LogP) is 3.08. The van der Waals surface area contributed by atoms with E-state index in [0.29, 0.717) is 18.0 Å². The van der Waals surface area contributed by atoms with Crippen LogP contribution in [-0.4, -0.2) is 42.1 Å². The Labute approximate surface area is 138 Å². The summed E-state index contributed by atoms with van der Waals surface area (Å²) in [6.45, 7) is 1.29. The molecule has 0 bridgehead atoms. The number of aromatic carboxylic acids is 1. The van der Waals surface area contributed by atoms with Crippen molar-refractivity contribution in [2.24, 2.45) is 0 Å². The maximum absolute atomic E-state index is 12.5. The Morgan fingerprint density at radius 2 is 1.96 bits per heavy atom. The van der Waals surface area contributed by atoms with Crippen LogP contribution in [0.25, 0.3) is 0 Å². The summed E-state index contributed by atoms with van der Waals surface area (Å²) in [7, 11) is 1.65. The van der Waals surface area contributed by atoms with Gasteiger partial charge in [-0.15, -0.1) is 11.3 Å². The first kappa shape index (κ1) is 15.6. The van der Waals surface area contributed by atoms with Gasteiger partial charge in [0.15, 0.2) is 0 Å². The molecule has 1 aliphatic rings. The van der Waals surface area contributed by atoms with Gasteiger partial charge in [-0.25, -0.2) is 4.79 Å². The summed E-state index contributed by atoms with van der Waals surface area (Å²) >= 11 is 1.03. The van der Waals surface area contributed by atoms with Crippen molar-refractivity contribution in [1.29, 1.82) is 0 Å². The van der Waals surface area contributed by atoms with Crippen LogP contribution in [0.5, 0.6) is 5.75 Å². The average Bonchev–Trinajstić information content (AvgIpc) is 3.23. The van der Waals surface area contributed by atoms with E-state index in [2.05, 4.69) is 0 Å². The fourth-order valence-electron chi connectivity index (χ4n) is 2.93. The summed E-state index contributed by atoms with van der Waals surface area (Å²) in [5.74, 6) is -0.00707. The number of nitrogens with zero attached hydrogens (tertiary/aromatic N) is 1. The molecule has 2 aromatic rings. The normalized spacial score (nSPS) is 17.3. The van der Waals surface area contributed by atoms with Crippen molar-refractivity contribution in [2.75, 3.05) is 20.2 Å². The van der Waals surface area contributed by atoms with Crippen LogP contribution in [0, 0.1) is 0 Å². The van der Waals surface area contributed by atoms with E-state index in [0.717, 1.165) is 29.1 Å². The zero-order valence-corrected chi connectivity index (χ0v) is 13.5. The molecule has 1 aromatic carbocycles. The maximum atomic E-state index is 12.5. The van der Waals surface area contributed by atoms with E-state index < -0.39 is 5.97 Å². The van der Waals surface area contributed by atoms with Crippen molar-refractivity contribution in [2.45, 2.75) is 12.3 Å². The summed E-state index contributed by atoms with van der Waals surface area (Å²) < 4.78 is 5.40. The number of hydrogen-bond donors (Lipinski definition) is 1. The molecule has 1 fully saturated rings. The van der Waals surface area contributed by atoms with Crippen molar-refractivity contribution in [3.05, 3.63) is 51.7 Å². The number of para-hydroxylation sites is 1. The number of carboxylic acid groups (broad SMARTS) is 1. The summed E-state index contributed by atoms with van der Waals surface area (Å²) in [5.41, 5.74) is 1.11. The lowest BCUT2D eigenvalue weighted by Crippen LogP contribution is -2.27. The largest absolute Gasteiger partial charge is 0.496 e. The van der Waals surface area contributed by atoms with Crippen LogP contribution >= 0.6 is 11.3 Å². The van der Waals surface area contributed by atoms with Crippen molar-refractivity contribution in [1.82, 2.24) is 4.90 Å². The highest BCUT2D eigenvalue weighted by atomic mass is 32.1. The molecular formula is C17H17NO4S. The molecule has 120 valence electrons. The Bertz CT molecular complexity index is 740. The number of carbonyl (C=O) groups excluding carboxylic acids is 1. The number of ether oxygens (including phenoxy) is 1. The van der Waals surface area contributed by atoms with Crippen LogP contribution < -0.4 is 4.74 Å². The zero-order valence-electron chi connectivity index (χ0n) is 12.7. The van der Waals surface area contributed by atoms with Crippen LogP contribution in [0.2, 0.25) is 0 Å². The fraction of sp³-hybridized carbons (Fsp3) is 0.294. The molecular weight excluding hydrogens is 314 g/mol.